The fourth-order valence-electron chi connectivity index (χ4n) is 4.52. The van der Waals surface area contributed by atoms with Crippen LogP contribution in [0.1, 0.15) is 29.0 Å². The molecule has 0 radical (unpaired) electrons. The molecule has 0 N–H and O–H groups in total. The summed E-state index contributed by atoms with van der Waals surface area (Å²) in [6, 6.07) is 5.77. The van der Waals surface area contributed by atoms with E-state index in [4.69, 9.17) is 9.47 Å². The third-order valence-corrected chi connectivity index (χ3v) is 7.68. The van der Waals surface area contributed by atoms with E-state index in [0.717, 1.165) is 29.2 Å². The average molecular weight is 609 g/mol. The van der Waals surface area contributed by atoms with Crippen LogP contribution in [0.5, 0.6) is 11.5 Å². The van der Waals surface area contributed by atoms with Crippen molar-refractivity contribution in [3.63, 3.8) is 0 Å². The predicted octanol–water partition coefficient (Wildman–Crippen LogP) is 6.04. The summed E-state index contributed by atoms with van der Waals surface area (Å²) in [5.74, 6) is -15.2. The molecule has 0 spiro atoms. The molecular formula is C25H15F8NO6S. The fraction of sp³-hybridized carbons (Fsp3) is 0.240. The Morgan fingerprint density at radius 2 is 1.46 bits per heavy atom. The fourth-order valence-corrected chi connectivity index (χ4v) is 5.47. The molecule has 0 aromatic heterocycles. The molecule has 7 nitrogen and oxygen atoms in total. The number of carbonyl (C=O) groups excluding carboxylic acids is 1. The minimum Gasteiger partial charge on any atom is -0.493 e. The molecule has 1 saturated heterocycles. The molecule has 0 saturated carbocycles. The number of alkyl halides is 3. The lowest BCUT2D eigenvalue weighted by atomic mass is 9.85. The van der Waals surface area contributed by atoms with Crippen molar-refractivity contribution >= 4 is 21.9 Å². The van der Waals surface area contributed by atoms with Gasteiger partial charge in [0.15, 0.2) is 0 Å². The highest BCUT2D eigenvalue weighted by atomic mass is 32.2. The van der Waals surface area contributed by atoms with Crippen molar-refractivity contribution in [2.45, 2.75) is 23.4 Å². The van der Waals surface area contributed by atoms with Crippen LogP contribution < -0.4 is 13.8 Å². The van der Waals surface area contributed by atoms with Gasteiger partial charge in [0.1, 0.15) is 17.3 Å². The van der Waals surface area contributed by atoms with Crippen molar-refractivity contribution in [2.24, 2.45) is 0 Å². The number of halogens is 8. The average Bonchev–Trinajstić information content (AvgIpc) is 3.37. The highest BCUT2D eigenvalue weighted by Gasteiger charge is 2.37. The Hall–Kier alpha value is -4.08. The normalized spacial score (nSPS) is 17.2. The van der Waals surface area contributed by atoms with E-state index in [9.17, 15) is 48.3 Å². The van der Waals surface area contributed by atoms with Gasteiger partial charge in [0.2, 0.25) is 34.8 Å². The number of rotatable bonds is 5. The zero-order valence-electron chi connectivity index (χ0n) is 20.2. The first-order valence-corrected chi connectivity index (χ1v) is 13.0. The van der Waals surface area contributed by atoms with E-state index in [-0.39, 0.29) is 48.7 Å². The van der Waals surface area contributed by atoms with Gasteiger partial charge in [-0.15, -0.1) is 0 Å². The van der Waals surface area contributed by atoms with Crippen LogP contribution in [0.4, 0.5) is 45.6 Å². The molecule has 3 aromatic rings. The van der Waals surface area contributed by atoms with Gasteiger partial charge >= 0.3 is 22.4 Å². The molecule has 1 unspecified atom stereocenters. The lowest BCUT2D eigenvalue weighted by Crippen LogP contribution is -2.27. The number of carbonyl (C=O) groups is 1. The number of ether oxygens (including phenoxy) is 2. The molecule has 0 aliphatic carbocycles. The van der Waals surface area contributed by atoms with Crippen molar-refractivity contribution in [2.75, 3.05) is 24.7 Å². The second kappa shape index (κ2) is 10.1. The molecule has 1 amide bonds. The topological polar surface area (TPSA) is 82.1 Å². The van der Waals surface area contributed by atoms with Crippen LogP contribution in [-0.2, 0) is 21.0 Å². The number of amides is 1. The number of hydrogen-bond donors (Lipinski definition) is 0. The molecule has 16 heteroatoms. The van der Waals surface area contributed by atoms with Gasteiger partial charge in [0.05, 0.1) is 24.4 Å². The van der Waals surface area contributed by atoms with E-state index in [1.165, 1.54) is 12.1 Å². The van der Waals surface area contributed by atoms with Crippen LogP contribution in [-0.4, -0.2) is 34.3 Å². The summed E-state index contributed by atoms with van der Waals surface area (Å²) in [5.41, 5.74) is -0.545. The van der Waals surface area contributed by atoms with Crippen molar-refractivity contribution < 1.29 is 62.0 Å². The Labute approximate surface area is 226 Å². The van der Waals surface area contributed by atoms with Crippen LogP contribution >= 0.6 is 0 Å². The number of cyclic esters (lactones) is 1. The molecular weight excluding hydrogens is 594 g/mol. The summed E-state index contributed by atoms with van der Waals surface area (Å²) in [6.07, 6.45) is -5.38. The third kappa shape index (κ3) is 5.00. The summed E-state index contributed by atoms with van der Waals surface area (Å²) in [5, 5.41) is 0. The van der Waals surface area contributed by atoms with Gasteiger partial charge in [-0.25, -0.2) is 18.0 Å². The second-order valence-electron chi connectivity index (χ2n) is 8.86. The molecule has 41 heavy (non-hydrogen) atoms. The zero-order chi connectivity index (χ0) is 29.9. The number of anilines is 1. The minimum absolute atomic E-state index is 0.0184. The van der Waals surface area contributed by atoms with Crippen LogP contribution in [0, 0.1) is 29.1 Å². The van der Waals surface area contributed by atoms with Crippen LogP contribution in [0.15, 0.2) is 41.3 Å². The highest BCUT2D eigenvalue weighted by Crippen LogP contribution is 2.45. The van der Waals surface area contributed by atoms with Gasteiger partial charge in [-0.3, -0.25) is 4.90 Å². The van der Waals surface area contributed by atoms with Crippen molar-refractivity contribution in [3.8, 4) is 11.5 Å². The van der Waals surface area contributed by atoms with Crippen molar-refractivity contribution in [3.05, 3.63) is 82.2 Å². The van der Waals surface area contributed by atoms with Crippen molar-refractivity contribution in [1.29, 1.82) is 0 Å². The molecule has 5 rings (SSSR count). The maximum absolute atomic E-state index is 14.0. The summed E-state index contributed by atoms with van der Waals surface area (Å²) in [7, 11) is -5.18. The molecule has 1 atom stereocenters. The quantitative estimate of drug-likeness (QED) is 0.152. The maximum atomic E-state index is 14.0. The Morgan fingerprint density at radius 3 is 2.07 bits per heavy atom. The van der Waals surface area contributed by atoms with E-state index < -0.39 is 73.6 Å². The molecule has 2 aliphatic heterocycles. The first-order chi connectivity index (χ1) is 19.2. The Balaban J connectivity index is 1.54. The van der Waals surface area contributed by atoms with E-state index >= 15 is 0 Å². The van der Waals surface area contributed by atoms with Crippen LogP contribution in [0.2, 0.25) is 0 Å². The monoisotopic (exact) mass is 609 g/mol. The van der Waals surface area contributed by atoms with Crippen LogP contribution in [0.3, 0.4) is 0 Å². The van der Waals surface area contributed by atoms with E-state index in [1.807, 2.05) is 0 Å². The van der Waals surface area contributed by atoms with Crippen LogP contribution in [0.25, 0.3) is 0 Å². The van der Waals surface area contributed by atoms with Gasteiger partial charge in [-0.05, 0) is 30.2 Å². The van der Waals surface area contributed by atoms with E-state index in [0.29, 0.717) is 0 Å². The molecule has 0 bridgehead atoms. The molecule has 2 aliphatic rings. The van der Waals surface area contributed by atoms with E-state index in [1.54, 1.807) is 0 Å². The molecule has 3 aromatic carbocycles. The third-order valence-electron chi connectivity index (χ3n) is 6.46. The van der Waals surface area contributed by atoms with Crippen molar-refractivity contribution in [1.82, 2.24) is 0 Å². The Morgan fingerprint density at radius 1 is 0.829 bits per heavy atom. The first kappa shape index (κ1) is 28.4. The maximum Gasteiger partial charge on any atom is 0.416 e. The summed E-state index contributed by atoms with van der Waals surface area (Å²) in [4.78, 5) is 12.5. The highest BCUT2D eigenvalue weighted by molar-refractivity contribution is 7.87. The SMILES string of the molecule is O=C1OCCN1c1cc(C(F)(F)F)ccc1C1CCOc2cc(S(=O)(=O)Oc3c(F)c(F)c(F)c(F)c3F)ccc21. The van der Waals surface area contributed by atoms with Gasteiger partial charge in [-0.2, -0.15) is 30.4 Å². The lowest BCUT2D eigenvalue weighted by molar-refractivity contribution is -0.137. The molecule has 1 fully saturated rings. The molecule has 2 heterocycles. The van der Waals surface area contributed by atoms with Gasteiger partial charge < -0.3 is 13.7 Å². The lowest BCUT2D eigenvalue weighted by Gasteiger charge is -2.30. The standard InChI is InChI=1S/C25H15F8NO6S/c26-18-19(27)21(29)23(22(30)20(18)28)40-41(36,37)12-2-4-15-13(5-7-38-17(15)10-12)14-3-1-11(25(31,32)33)9-16(14)34-6-8-39-24(34)35/h1-4,9-10,13H,5-8H2. The zero-order valence-corrected chi connectivity index (χ0v) is 21.0. The Kier molecular flexibility index (Phi) is 6.99. The van der Waals surface area contributed by atoms with Gasteiger partial charge in [0.25, 0.3) is 0 Å². The second-order valence-corrected chi connectivity index (χ2v) is 10.4. The summed E-state index contributed by atoms with van der Waals surface area (Å²) in [6.45, 7) is -0.136. The predicted molar refractivity (Wildman–Crippen MR) is 123 cm³/mol. The largest absolute Gasteiger partial charge is 0.493 e. The number of fused-ring (bicyclic) bond motifs is 1. The molecule has 218 valence electrons. The smallest absolute Gasteiger partial charge is 0.416 e. The first-order valence-electron chi connectivity index (χ1n) is 11.6. The van der Waals surface area contributed by atoms with Gasteiger partial charge in [0, 0.05) is 17.5 Å². The minimum atomic E-state index is -5.18. The van der Waals surface area contributed by atoms with Gasteiger partial charge in [-0.1, -0.05) is 12.1 Å². The van der Waals surface area contributed by atoms with E-state index in [2.05, 4.69) is 4.18 Å². The Bertz CT molecular complexity index is 1650. The number of benzene rings is 3. The summed E-state index contributed by atoms with van der Waals surface area (Å²) >= 11 is 0. The number of nitrogens with zero attached hydrogens (tertiary/aromatic N) is 1. The summed E-state index contributed by atoms with van der Waals surface area (Å²) < 4.78 is 149. The number of hydrogen-bond acceptors (Lipinski definition) is 6.